The Bertz CT molecular complexity index is 425. The van der Waals surface area contributed by atoms with Gasteiger partial charge in [0, 0.05) is 12.0 Å². The lowest BCUT2D eigenvalue weighted by molar-refractivity contribution is -0.121. The zero-order valence-corrected chi connectivity index (χ0v) is 10.4. The highest BCUT2D eigenvalue weighted by Crippen LogP contribution is 2.16. The molecule has 0 fully saturated rings. The maximum Gasteiger partial charge on any atom is 0.240 e. The third-order valence-electron chi connectivity index (χ3n) is 2.24. The Hall–Kier alpha value is -1.84. The van der Waals surface area contributed by atoms with Crippen LogP contribution in [0.15, 0.2) is 29.4 Å². The number of phenols is 1. The highest BCUT2D eigenvalue weighted by molar-refractivity contribution is 6.01. The first kappa shape index (κ1) is 13.2. The second-order valence-electron chi connectivity index (χ2n) is 4.35. The molecule has 0 aliphatic rings. The van der Waals surface area contributed by atoms with Crippen LogP contribution in [0.4, 0.5) is 0 Å². The fourth-order valence-electron chi connectivity index (χ4n) is 1.40. The van der Waals surface area contributed by atoms with E-state index in [9.17, 15) is 9.90 Å². The molecule has 17 heavy (non-hydrogen) atoms. The van der Waals surface area contributed by atoms with Crippen LogP contribution in [-0.4, -0.2) is 16.7 Å². The van der Waals surface area contributed by atoms with Gasteiger partial charge in [-0.05, 0) is 25.0 Å². The molecule has 0 spiro atoms. The summed E-state index contributed by atoms with van der Waals surface area (Å²) in [5.74, 6) is 0.345. The van der Waals surface area contributed by atoms with E-state index in [1.807, 2.05) is 19.9 Å². The zero-order valence-electron chi connectivity index (χ0n) is 10.4. The summed E-state index contributed by atoms with van der Waals surface area (Å²) in [6.07, 6.45) is 0.442. The van der Waals surface area contributed by atoms with E-state index >= 15 is 0 Å². The lowest BCUT2D eigenvalue weighted by Gasteiger charge is -2.05. The fraction of sp³-hybridized carbons (Fsp3) is 0.385. The summed E-state index contributed by atoms with van der Waals surface area (Å²) in [5.41, 5.74) is 3.68. The molecule has 0 unspecified atom stereocenters. The Morgan fingerprint density at radius 2 is 2.06 bits per heavy atom. The lowest BCUT2D eigenvalue weighted by Crippen LogP contribution is -2.20. The number of nitrogens with zero attached hydrogens (tertiary/aromatic N) is 1. The van der Waals surface area contributed by atoms with Crippen molar-refractivity contribution in [2.24, 2.45) is 11.0 Å². The molecular formula is C13H18N2O2. The number of para-hydroxylation sites is 1. The van der Waals surface area contributed by atoms with E-state index in [2.05, 4.69) is 10.5 Å². The molecule has 4 nitrogen and oxygen atoms in total. The van der Waals surface area contributed by atoms with E-state index in [4.69, 9.17) is 0 Å². The third-order valence-corrected chi connectivity index (χ3v) is 2.24. The second-order valence-corrected chi connectivity index (χ2v) is 4.35. The molecule has 0 saturated heterocycles. The number of hydrogen-bond donors (Lipinski definition) is 2. The number of hydrogen-bond acceptors (Lipinski definition) is 3. The van der Waals surface area contributed by atoms with E-state index in [0.717, 1.165) is 0 Å². The quantitative estimate of drug-likeness (QED) is 0.620. The van der Waals surface area contributed by atoms with E-state index in [0.29, 0.717) is 23.6 Å². The molecule has 0 saturated carbocycles. The van der Waals surface area contributed by atoms with Crippen molar-refractivity contribution in [3.05, 3.63) is 29.8 Å². The molecular weight excluding hydrogens is 216 g/mol. The van der Waals surface area contributed by atoms with Gasteiger partial charge in [0.15, 0.2) is 0 Å². The Labute approximate surface area is 101 Å². The number of hydrazone groups is 1. The minimum absolute atomic E-state index is 0.116. The van der Waals surface area contributed by atoms with E-state index in [1.165, 1.54) is 0 Å². The average molecular weight is 234 g/mol. The first-order valence-corrected chi connectivity index (χ1v) is 5.62. The largest absolute Gasteiger partial charge is 0.507 e. The maximum atomic E-state index is 11.4. The Balaban J connectivity index is 2.68. The van der Waals surface area contributed by atoms with Crippen molar-refractivity contribution >= 4 is 11.6 Å². The number of rotatable bonds is 4. The van der Waals surface area contributed by atoms with Crippen LogP contribution in [0, 0.1) is 5.92 Å². The van der Waals surface area contributed by atoms with Crippen molar-refractivity contribution in [1.82, 2.24) is 5.43 Å². The molecule has 1 amide bonds. The molecule has 0 bridgehead atoms. The van der Waals surface area contributed by atoms with Crippen LogP contribution < -0.4 is 5.43 Å². The van der Waals surface area contributed by atoms with Crippen LogP contribution in [0.25, 0.3) is 0 Å². The Morgan fingerprint density at radius 3 is 2.65 bits per heavy atom. The lowest BCUT2D eigenvalue weighted by atomic mass is 10.1. The predicted molar refractivity (Wildman–Crippen MR) is 67.9 cm³/mol. The van der Waals surface area contributed by atoms with E-state index < -0.39 is 0 Å². The number of nitrogens with one attached hydrogen (secondary N) is 1. The topological polar surface area (TPSA) is 61.7 Å². The summed E-state index contributed by atoms with van der Waals surface area (Å²) in [6, 6.07) is 6.89. The van der Waals surface area contributed by atoms with Crippen LogP contribution in [0.1, 0.15) is 32.8 Å². The zero-order chi connectivity index (χ0) is 12.8. The van der Waals surface area contributed by atoms with Gasteiger partial charge in [0.2, 0.25) is 5.91 Å². The summed E-state index contributed by atoms with van der Waals surface area (Å²) in [6.45, 7) is 5.68. The molecule has 1 aromatic carbocycles. The van der Waals surface area contributed by atoms with Gasteiger partial charge in [-0.1, -0.05) is 26.0 Å². The summed E-state index contributed by atoms with van der Waals surface area (Å²) < 4.78 is 0. The van der Waals surface area contributed by atoms with Crippen LogP contribution >= 0.6 is 0 Å². The van der Waals surface area contributed by atoms with Crippen molar-refractivity contribution in [3.8, 4) is 5.75 Å². The van der Waals surface area contributed by atoms with Crippen molar-refractivity contribution in [3.63, 3.8) is 0 Å². The van der Waals surface area contributed by atoms with Gasteiger partial charge in [-0.25, -0.2) is 5.43 Å². The predicted octanol–water partition coefficient (Wildman–Crippen LogP) is 2.28. The fourth-order valence-corrected chi connectivity index (χ4v) is 1.40. The average Bonchev–Trinajstić information content (AvgIpc) is 2.25. The highest BCUT2D eigenvalue weighted by Gasteiger charge is 2.06. The third kappa shape index (κ3) is 4.26. The summed E-state index contributed by atoms with van der Waals surface area (Å²) in [7, 11) is 0. The van der Waals surface area contributed by atoms with Gasteiger partial charge in [0.05, 0.1) is 5.71 Å². The molecule has 0 aliphatic heterocycles. The minimum atomic E-state index is -0.116. The van der Waals surface area contributed by atoms with Gasteiger partial charge < -0.3 is 5.11 Å². The van der Waals surface area contributed by atoms with Crippen molar-refractivity contribution < 1.29 is 9.90 Å². The van der Waals surface area contributed by atoms with Gasteiger partial charge in [0.1, 0.15) is 5.75 Å². The second kappa shape index (κ2) is 6.03. The van der Waals surface area contributed by atoms with Crippen molar-refractivity contribution in [2.45, 2.75) is 27.2 Å². The molecule has 0 heterocycles. The smallest absolute Gasteiger partial charge is 0.240 e. The van der Waals surface area contributed by atoms with E-state index in [1.54, 1.807) is 25.1 Å². The number of phenolic OH excluding ortho intramolecular Hbond substituents is 1. The van der Waals surface area contributed by atoms with Crippen molar-refractivity contribution in [1.29, 1.82) is 0 Å². The number of carbonyl (C=O) groups excluding carboxylic acids is 1. The summed E-state index contributed by atoms with van der Waals surface area (Å²) in [4.78, 5) is 11.4. The normalized spacial score (nSPS) is 11.6. The summed E-state index contributed by atoms with van der Waals surface area (Å²) in [5, 5.41) is 13.6. The SMILES string of the molecule is CC(=NNC(=O)CC(C)C)c1ccccc1O. The van der Waals surface area contributed by atoms with E-state index in [-0.39, 0.29) is 11.7 Å². The van der Waals surface area contributed by atoms with Gasteiger partial charge in [-0.15, -0.1) is 0 Å². The maximum absolute atomic E-state index is 11.4. The van der Waals surface area contributed by atoms with Crippen LogP contribution in [0.3, 0.4) is 0 Å². The molecule has 1 rings (SSSR count). The standard InChI is InChI=1S/C13H18N2O2/c1-9(2)8-13(17)15-14-10(3)11-6-4-5-7-12(11)16/h4-7,9,16H,8H2,1-3H3,(H,15,17). The minimum Gasteiger partial charge on any atom is -0.507 e. The molecule has 0 aromatic heterocycles. The van der Waals surface area contributed by atoms with Gasteiger partial charge >= 0.3 is 0 Å². The van der Waals surface area contributed by atoms with Crippen LogP contribution in [0.2, 0.25) is 0 Å². The first-order valence-electron chi connectivity index (χ1n) is 5.62. The summed E-state index contributed by atoms with van der Waals surface area (Å²) >= 11 is 0. The molecule has 4 heteroatoms. The van der Waals surface area contributed by atoms with Crippen LogP contribution in [-0.2, 0) is 4.79 Å². The van der Waals surface area contributed by atoms with Gasteiger partial charge in [0.25, 0.3) is 0 Å². The molecule has 2 N–H and O–H groups in total. The van der Waals surface area contributed by atoms with Gasteiger partial charge in [-0.3, -0.25) is 4.79 Å². The number of aromatic hydroxyl groups is 1. The molecule has 1 aromatic rings. The Morgan fingerprint density at radius 1 is 1.41 bits per heavy atom. The van der Waals surface area contributed by atoms with Crippen molar-refractivity contribution in [2.75, 3.05) is 0 Å². The molecule has 0 aliphatic carbocycles. The first-order chi connectivity index (χ1) is 8.00. The highest BCUT2D eigenvalue weighted by atomic mass is 16.3. The number of amides is 1. The molecule has 92 valence electrons. The molecule has 0 atom stereocenters. The van der Waals surface area contributed by atoms with Crippen LogP contribution in [0.5, 0.6) is 5.75 Å². The monoisotopic (exact) mass is 234 g/mol. The van der Waals surface area contributed by atoms with Gasteiger partial charge in [-0.2, -0.15) is 5.10 Å². The number of carbonyl (C=O) groups is 1. The number of benzene rings is 1. The Kier molecular flexibility index (Phi) is 4.69. The molecule has 0 radical (unpaired) electrons.